The van der Waals surface area contributed by atoms with Gasteiger partial charge in [-0.25, -0.2) is 9.78 Å². The monoisotopic (exact) mass is 354 g/mol. The highest BCUT2D eigenvalue weighted by atomic mass is 32.1. The van der Waals surface area contributed by atoms with Crippen LogP contribution in [0.3, 0.4) is 0 Å². The van der Waals surface area contributed by atoms with Gasteiger partial charge >= 0.3 is 5.97 Å². The van der Waals surface area contributed by atoms with Gasteiger partial charge in [0.2, 0.25) is 0 Å². The molecule has 1 atom stereocenters. The van der Waals surface area contributed by atoms with Crippen LogP contribution >= 0.6 is 11.3 Å². The van der Waals surface area contributed by atoms with Gasteiger partial charge in [0.25, 0.3) is 5.56 Å². The molecule has 6 heteroatoms. The Morgan fingerprint density at radius 1 is 1.28 bits per heavy atom. The number of hydrogen-bond donors (Lipinski definition) is 1. The Bertz CT molecular complexity index is 982. The molecule has 0 spiro atoms. The van der Waals surface area contributed by atoms with Gasteiger partial charge < -0.3 is 9.72 Å². The number of H-pyrrole nitrogens is 1. The van der Waals surface area contributed by atoms with E-state index in [1.807, 2.05) is 12.1 Å². The lowest BCUT2D eigenvalue weighted by atomic mass is 9.99. The van der Waals surface area contributed by atoms with E-state index in [4.69, 9.17) is 4.74 Å². The lowest BCUT2D eigenvalue weighted by Crippen LogP contribution is -2.17. The first-order chi connectivity index (χ1) is 12.1. The van der Waals surface area contributed by atoms with Crippen molar-refractivity contribution < 1.29 is 9.53 Å². The molecular formula is C19H18N2O3S. The number of thiophene rings is 1. The highest BCUT2D eigenvalue weighted by Gasteiger charge is 2.21. The molecule has 4 rings (SSSR count). The van der Waals surface area contributed by atoms with Crippen LogP contribution in [0.15, 0.2) is 35.1 Å². The number of carbonyl (C=O) groups excluding carboxylic acids is 1. The van der Waals surface area contributed by atoms with E-state index in [1.165, 1.54) is 34.6 Å². The number of carbonyl (C=O) groups is 1. The van der Waals surface area contributed by atoms with Crippen LogP contribution in [0.2, 0.25) is 0 Å². The molecule has 25 heavy (non-hydrogen) atoms. The summed E-state index contributed by atoms with van der Waals surface area (Å²) in [4.78, 5) is 33.7. The summed E-state index contributed by atoms with van der Waals surface area (Å²) in [5.41, 5.74) is 1.64. The third-order valence-electron chi connectivity index (χ3n) is 4.50. The van der Waals surface area contributed by atoms with E-state index in [2.05, 4.69) is 9.97 Å². The third kappa shape index (κ3) is 3.09. The van der Waals surface area contributed by atoms with E-state index in [-0.39, 0.29) is 11.5 Å². The number of nitrogens with one attached hydrogen (secondary N) is 1. The number of aryl methyl sites for hydroxylation is 2. The molecule has 128 valence electrons. The molecule has 1 aliphatic carbocycles. The molecule has 2 aromatic heterocycles. The highest BCUT2D eigenvalue weighted by Crippen LogP contribution is 2.30. The van der Waals surface area contributed by atoms with Gasteiger partial charge in [-0.2, -0.15) is 0 Å². The number of ether oxygens (including phenoxy) is 1. The molecule has 0 aliphatic heterocycles. The second-order valence-corrected chi connectivity index (χ2v) is 7.42. The van der Waals surface area contributed by atoms with Crippen molar-refractivity contribution in [2.24, 2.45) is 0 Å². The zero-order valence-electron chi connectivity index (χ0n) is 13.9. The molecule has 1 aliphatic rings. The van der Waals surface area contributed by atoms with E-state index < -0.39 is 6.10 Å². The molecule has 2 heterocycles. The van der Waals surface area contributed by atoms with Gasteiger partial charge in [-0.3, -0.25) is 4.79 Å². The Hall–Kier alpha value is -2.47. The third-order valence-corrected chi connectivity index (χ3v) is 5.71. The number of aromatic amines is 1. The first-order valence-corrected chi connectivity index (χ1v) is 9.25. The van der Waals surface area contributed by atoms with Gasteiger partial charge in [-0.05, 0) is 56.4 Å². The van der Waals surface area contributed by atoms with Gasteiger partial charge in [-0.15, -0.1) is 11.3 Å². The smallest absolute Gasteiger partial charge is 0.349 e. The normalized spacial score (nSPS) is 14.9. The SMILES string of the molecule is CC(OC(=O)c1cc2c(s1)CCCC2)c1nc2ccccc2c(=O)[nH]1. The van der Waals surface area contributed by atoms with E-state index >= 15 is 0 Å². The molecule has 0 saturated carbocycles. The summed E-state index contributed by atoms with van der Waals surface area (Å²) in [5.74, 6) is 0.000997. The molecule has 1 aromatic carbocycles. The summed E-state index contributed by atoms with van der Waals surface area (Å²) in [5, 5.41) is 0.524. The number of rotatable bonds is 3. The number of para-hydroxylation sites is 1. The first-order valence-electron chi connectivity index (χ1n) is 8.43. The van der Waals surface area contributed by atoms with Gasteiger partial charge in [0.1, 0.15) is 4.88 Å². The molecule has 0 bridgehead atoms. The molecule has 0 saturated heterocycles. The van der Waals surface area contributed by atoms with Crippen LogP contribution in [0, 0.1) is 0 Å². The zero-order chi connectivity index (χ0) is 17.4. The Kier molecular flexibility index (Phi) is 4.13. The Morgan fingerprint density at radius 3 is 2.92 bits per heavy atom. The zero-order valence-corrected chi connectivity index (χ0v) is 14.7. The minimum atomic E-state index is -0.621. The summed E-state index contributed by atoms with van der Waals surface area (Å²) in [7, 11) is 0. The predicted octanol–water partition coefficient (Wildman–Crippen LogP) is 3.78. The average Bonchev–Trinajstić information content (AvgIpc) is 3.06. The van der Waals surface area contributed by atoms with E-state index in [1.54, 1.807) is 25.1 Å². The van der Waals surface area contributed by atoms with Crippen molar-refractivity contribution in [2.45, 2.75) is 38.7 Å². The number of aromatic nitrogens is 2. The van der Waals surface area contributed by atoms with Crippen molar-refractivity contribution in [2.75, 3.05) is 0 Å². The van der Waals surface area contributed by atoms with Gasteiger partial charge in [-0.1, -0.05) is 12.1 Å². The topological polar surface area (TPSA) is 72.0 Å². The van der Waals surface area contributed by atoms with E-state index in [0.29, 0.717) is 21.6 Å². The van der Waals surface area contributed by atoms with Crippen LogP contribution in [0.25, 0.3) is 10.9 Å². The largest absolute Gasteiger partial charge is 0.450 e. The summed E-state index contributed by atoms with van der Waals surface area (Å²) in [6.07, 6.45) is 3.82. The maximum atomic E-state index is 12.5. The lowest BCUT2D eigenvalue weighted by Gasteiger charge is -2.12. The van der Waals surface area contributed by atoms with Crippen molar-refractivity contribution in [1.29, 1.82) is 0 Å². The summed E-state index contributed by atoms with van der Waals surface area (Å²) in [6.45, 7) is 1.72. The molecule has 0 amide bonds. The standard InChI is InChI=1S/C19H18N2O3S/c1-11(17-20-14-8-4-3-7-13(14)18(22)21-17)24-19(23)16-10-12-6-2-5-9-15(12)25-16/h3-4,7-8,10-11H,2,5-6,9H2,1H3,(H,20,21,22). The number of nitrogens with zero attached hydrogens (tertiary/aromatic N) is 1. The fourth-order valence-electron chi connectivity index (χ4n) is 3.16. The van der Waals surface area contributed by atoms with Crippen LogP contribution in [0.4, 0.5) is 0 Å². The number of esters is 1. The molecule has 1 unspecified atom stereocenters. The molecule has 0 fully saturated rings. The average molecular weight is 354 g/mol. The fraction of sp³-hybridized carbons (Fsp3) is 0.316. The van der Waals surface area contributed by atoms with E-state index in [0.717, 1.165) is 12.8 Å². The summed E-state index contributed by atoms with van der Waals surface area (Å²) in [6, 6.07) is 9.06. The van der Waals surface area contributed by atoms with Crippen molar-refractivity contribution in [3.8, 4) is 0 Å². The number of fused-ring (bicyclic) bond motifs is 2. The molecule has 5 nitrogen and oxygen atoms in total. The van der Waals surface area contributed by atoms with Crippen LogP contribution in [-0.2, 0) is 17.6 Å². The van der Waals surface area contributed by atoms with Crippen molar-refractivity contribution in [3.63, 3.8) is 0 Å². The second kappa shape index (κ2) is 6.44. The van der Waals surface area contributed by atoms with Gasteiger partial charge in [0, 0.05) is 4.88 Å². The van der Waals surface area contributed by atoms with Gasteiger partial charge in [0.05, 0.1) is 10.9 Å². The minimum Gasteiger partial charge on any atom is -0.450 e. The Balaban J connectivity index is 1.57. The lowest BCUT2D eigenvalue weighted by molar-refractivity contribution is 0.0326. The molecule has 0 radical (unpaired) electrons. The van der Waals surface area contributed by atoms with Crippen molar-refractivity contribution in [3.05, 3.63) is 61.8 Å². The van der Waals surface area contributed by atoms with Crippen LogP contribution in [0.1, 0.15) is 51.8 Å². The van der Waals surface area contributed by atoms with Crippen molar-refractivity contribution in [1.82, 2.24) is 9.97 Å². The first kappa shape index (κ1) is 16.0. The summed E-state index contributed by atoms with van der Waals surface area (Å²) >= 11 is 1.52. The highest BCUT2D eigenvalue weighted by molar-refractivity contribution is 7.14. The van der Waals surface area contributed by atoms with E-state index in [9.17, 15) is 9.59 Å². The van der Waals surface area contributed by atoms with Crippen molar-refractivity contribution >= 4 is 28.2 Å². The van der Waals surface area contributed by atoms with Crippen LogP contribution < -0.4 is 5.56 Å². The second-order valence-electron chi connectivity index (χ2n) is 6.28. The predicted molar refractivity (Wildman–Crippen MR) is 97.2 cm³/mol. The molecule has 3 aromatic rings. The quantitative estimate of drug-likeness (QED) is 0.727. The Morgan fingerprint density at radius 2 is 2.08 bits per heavy atom. The minimum absolute atomic E-state index is 0.227. The maximum Gasteiger partial charge on any atom is 0.349 e. The molecule has 1 N–H and O–H groups in total. The van der Waals surface area contributed by atoms with Crippen LogP contribution in [-0.4, -0.2) is 15.9 Å². The van der Waals surface area contributed by atoms with Crippen LogP contribution in [0.5, 0.6) is 0 Å². The molecular weight excluding hydrogens is 336 g/mol. The maximum absolute atomic E-state index is 12.5. The fourth-order valence-corrected chi connectivity index (χ4v) is 4.30. The van der Waals surface area contributed by atoms with Gasteiger partial charge in [0.15, 0.2) is 11.9 Å². The number of hydrogen-bond acceptors (Lipinski definition) is 5. The number of benzene rings is 1. The summed E-state index contributed by atoms with van der Waals surface area (Å²) < 4.78 is 5.54. The Labute approximate surface area is 148 Å².